The number of hydrogen-bond donors (Lipinski definition) is 0. The summed E-state index contributed by atoms with van der Waals surface area (Å²) >= 11 is 0. The number of nitrogens with zero attached hydrogens (tertiary/aromatic N) is 1. The summed E-state index contributed by atoms with van der Waals surface area (Å²) in [7, 11) is 1.79. The minimum absolute atomic E-state index is 0.892. The summed E-state index contributed by atoms with van der Waals surface area (Å²) in [5.74, 6) is 0. The second kappa shape index (κ2) is 7.31. The molecule has 0 aromatic rings. The Labute approximate surface area is 87.9 Å². The van der Waals surface area contributed by atoms with E-state index >= 15 is 0 Å². The molecule has 0 saturated carbocycles. The zero-order chi connectivity index (χ0) is 11.0. The second-order valence-electron chi connectivity index (χ2n) is 3.43. The van der Waals surface area contributed by atoms with Crippen LogP contribution in [0, 0.1) is 0 Å². The maximum Gasteiger partial charge on any atom is 0.0636 e. The van der Waals surface area contributed by atoms with Gasteiger partial charge in [-0.05, 0) is 31.4 Å². The van der Waals surface area contributed by atoms with Crippen molar-refractivity contribution in [1.29, 1.82) is 0 Å². The van der Waals surface area contributed by atoms with Gasteiger partial charge in [0.15, 0.2) is 0 Å². The van der Waals surface area contributed by atoms with Crippen molar-refractivity contribution >= 4 is 5.71 Å². The summed E-state index contributed by atoms with van der Waals surface area (Å²) in [6, 6.07) is 0. The van der Waals surface area contributed by atoms with Crippen LogP contribution in [0.3, 0.4) is 0 Å². The normalized spacial score (nSPS) is 12.8. The van der Waals surface area contributed by atoms with Crippen LogP contribution in [0.1, 0.15) is 33.1 Å². The maximum absolute atomic E-state index is 4.18. The summed E-state index contributed by atoms with van der Waals surface area (Å²) in [5, 5.41) is 0. The van der Waals surface area contributed by atoms with E-state index in [9.17, 15) is 0 Å². The van der Waals surface area contributed by atoms with Crippen LogP contribution in [0.4, 0.5) is 0 Å². The van der Waals surface area contributed by atoms with Gasteiger partial charge in [0.25, 0.3) is 0 Å². The standard InChI is InChI=1S/C13H21N/c1-6-8-9-11(3)10-13(14-5)12(4)7-2/h7,10H,2,4,6,8-9H2,1,3,5H3/b11-10+,14-13?. The number of rotatable bonds is 6. The van der Waals surface area contributed by atoms with Gasteiger partial charge in [-0.15, -0.1) is 0 Å². The predicted octanol–water partition coefficient (Wildman–Crippen LogP) is 3.94. The highest BCUT2D eigenvalue weighted by atomic mass is 14.7. The fraction of sp³-hybridized carbons (Fsp3) is 0.462. The van der Waals surface area contributed by atoms with Crippen LogP contribution >= 0.6 is 0 Å². The molecular weight excluding hydrogens is 170 g/mol. The van der Waals surface area contributed by atoms with Gasteiger partial charge in [-0.25, -0.2) is 0 Å². The van der Waals surface area contributed by atoms with Gasteiger partial charge in [-0.1, -0.05) is 38.2 Å². The van der Waals surface area contributed by atoms with E-state index < -0.39 is 0 Å². The van der Waals surface area contributed by atoms with E-state index in [4.69, 9.17) is 0 Å². The first-order valence-corrected chi connectivity index (χ1v) is 5.11. The molecule has 0 aromatic heterocycles. The van der Waals surface area contributed by atoms with Crippen LogP contribution in [0.15, 0.2) is 41.4 Å². The van der Waals surface area contributed by atoms with E-state index in [1.165, 1.54) is 18.4 Å². The molecule has 0 heterocycles. The minimum Gasteiger partial charge on any atom is -0.288 e. The summed E-state index contributed by atoms with van der Waals surface area (Å²) in [6.45, 7) is 11.9. The van der Waals surface area contributed by atoms with E-state index in [0.29, 0.717) is 0 Å². The monoisotopic (exact) mass is 191 g/mol. The number of allylic oxidation sites excluding steroid dienone is 4. The van der Waals surface area contributed by atoms with Gasteiger partial charge in [-0.2, -0.15) is 0 Å². The van der Waals surface area contributed by atoms with Crippen LogP contribution in [-0.4, -0.2) is 12.8 Å². The van der Waals surface area contributed by atoms with Crippen molar-refractivity contribution in [2.24, 2.45) is 4.99 Å². The van der Waals surface area contributed by atoms with Gasteiger partial charge in [0, 0.05) is 7.05 Å². The van der Waals surface area contributed by atoms with E-state index in [1.807, 2.05) is 0 Å². The van der Waals surface area contributed by atoms with Gasteiger partial charge in [0.2, 0.25) is 0 Å². The molecule has 0 rings (SSSR count). The Morgan fingerprint density at radius 1 is 1.43 bits per heavy atom. The SMILES string of the molecule is C=CC(=C)C(/C=C(\C)CCCC)=NC. The lowest BCUT2D eigenvalue weighted by Gasteiger charge is -2.02. The molecule has 0 unspecified atom stereocenters. The molecule has 0 aromatic carbocycles. The first kappa shape index (κ1) is 12.9. The molecule has 0 saturated heterocycles. The first-order valence-electron chi connectivity index (χ1n) is 5.11. The topological polar surface area (TPSA) is 12.4 Å². The molecule has 0 spiro atoms. The Morgan fingerprint density at radius 3 is 2.50 bits per heavy atom. The van der Waals surface area contributed by atoms with E-state index in [0.717, 1.165) is 17.7 Å². The Bertz CT molecular complexity index is 256. The third-order valence-electron chi connectivity index (χ3n) is 2.12. The third kappa shape index (κ3) is 4.80. The lowest BCUT2D eigenvalue weighted by molar-refractivity contribution is 0.788. The van der Waals surface area contributed by atoms with E-state index in [1.54, 1.807) is 13.1 Å². The molecule has 0 bridgehead atoms. The molecule has 0 N–H and O–H groups in total. The van der Waals surface area contributed by atoms with Crippen molar-refractivity contribution in [1.82, 2.24) is 0 Å². The summed E-state index contributed by atoms with van der Waals surface area (Å²) < 4.78 is 0. The fourth-order valence-electron chi connectivity index (χ4n) is 1.17. The Kier molecular flexibility index (Phi) is 6.73. The summed E-state index contributed by atoms with van der Waals surface area (Å²) in [5.41, 5.74) is 3.19. The molecule has 1 nitrogen and oxygen atoms in total. The molecule has 0 amide bonds. The van der Waals surface area contributed by atoms with Gasteiger partial charge in [-0.3, -0.25) is 4.99 Å². The van der Waals surface area contributed by atoms with Crippen LogP contribution in [0.2, 0.25) is 0 Å². The van der Waals surface area contributed by atoms with Crippen LogP contribution in [0.5, 0.6) is 0 Å². The Balaban J connectivity index is 4.43. The van der Waals surface area contributed by atoms with Crippen LogP contribution in [0.25, 0.3) is 0 Å². The van der Waals surface area contributed by atoms with Crippen molar-refractivity contribution in [3.63, 3.8) is 0 Å². The van der Waals surface area contributed by atoms with Crippen LogP contribution < -0.4 is 0 Å². The number of unbranched alkanes of at least 4 members (excludes halogenated alkanes) is 1. The predicted molar refractivity (Wildman–Crippen MR) is 66.0 cm³/mol. The average Bonchev–Trinajstić information content (AvgIpc) is 2.21. The lowest BCUT2D eigenvalue weighted by atomic mass is 10.1. The molecule has 78 valence electrons. The molecule has 0 aliphatic heterocycles. The molecule has 0 atom stereocenters. The minimum atomic E-state index is 0.892. The molecule has 0 aliphatic carbocycles. The highest BCUT2D eigenvalue weighted by Crippen LogP contribution is 2.08. The summed E-state index contributed by atoms with van der Waals surface area (Å²) in [6.07, 6.45) is 7.44. The van der Waals surface area contributed by atoms with Crippen molar-refractivity contribution in [3.05, 3.63) is 36.5 Å². The lowest BCUT2D eigenvalue weighted by Crippen LogP contribution is -1.96. The zero-order valence-electron chi connectivity index (χ0n) is 9.64. The second-order valence-corrected chi connectivity index (χ2v) is 3.43. The van der Waals surface area contributed by atoms with Crippen molar-refractivity contribution in [2.45, 2.75) is 33.1 Å². The van der Waals surface area contributed by atoms with Gasteiger partial charge in [0.05, 0.1) is 5.71 Å². The zero-order valence-corrected chi connectivity index (χ0v) is 9.64. The largest absolute Gasteiger partial charge is 0.288 e. The number of hydrogen-bond acceptors (Lipinski definition) is 1. The molecule has 0 fully saturated rings. The fourth-order valence-corrected chi connectivity index (χ4v) is 1.17. The van der Waals surface area contributed by atoms with Crippen molar-refractivity contribution in [2.75, 3.05) is 7.05 Å². The molecule has 1 heteroatoms. The third-order valence-corrected chi connectivity index (χ3v) is 2.12. The van der Waals surface area contributed by atoms with Gasteiger partial charge in [0.1, 0.15) is 0 Å². The highest BCUT2D eigenvalue weighted by Gasteiger charge is 1.97. The molecule has 14 heavy (non-hydrogen) atoms. The summed E-state index contributed by atoms with van der Waals surface area (Å²) in [4.78, 5) is 4.18. The number of aliphatic imine (C=N–C) groups is 1. The average molecular weight is 191 g/mol. The first-order chi connectivity index (χ1) is 6.65. The van der Waals surface area contributed by atoms with Crippen molar-refractivity contribution in [3.8, 4) is 0 Å². The van der Waals surface area contributed by atoms with E-state index in [2.05, 4.69) is 38.1 Å². The smallest absolute Gasteiger partial charge is 0.0636 e. The Morgan fingerprint density at radius 2 is 2.07 bits per heavy atom. The van der Waals surface area contributed by atoms with Crippen LogP contribution in [-0.2, 0) is 0 Å². The quantitative estimate of drug-likeness (QED) is 0.445. The van der Waals surface area contributed by atoms with Gasteiger partial charge >= 0.3 is 0 Å². The highest BCUT2D eigenvalue weighted by molar-refractivity contribution is 6.10. The Hall–Kier alpha value is -1.11. The maximum atomic E-state index is 4.18. The van der Waals surface area contributed by atoms with E-state index in [-0.39, 0.29) is 0 Å². The van der Waals surface area contributed by atoms with Gasteiger partial charge < -0.3 is 0 Å². The molecular formula is C13H21N. The molecule has 0 aliphatic rings. The van der Waals surface area contributed by atoms with Crippen molar-refractivity contribution < 1.29 is 0 Å². The molecule has 0 radical (unpaired) electrons.